The second kappa shape index (κ2) is 7.72. The van der Waals surface area contributed by atoms with Crippen molar-refractivity contribution in [1.29, 1.82) is 0 Å². The number of fused-ring (bicyclic) bond motifs is 1. The fraction of sp³-hybridized carbons (Fsp3) is 0.450. The first-order valence-corrected chi connectivity index (χ1v) is 8.87. The van der Waals surface area contributed by atoms with E-state index in [4.69, 9.17) is 9.47 Å². The van der Waals surface area contributed by atoms with Crippen molar-refractivity contribution in [2.45, 2.75) is 32.7 Å². The summed E-state index contributed by atoms with van der Waals surface area (Å²) in [6.45, 7) is 3.78. The van der Waals surface area contributed by atoms with E-state index in [1.54, 1.807) is 0 Å². The number of aryl methyl sites for hydroxylation is 1. The van der Waals surface area contributed by atoms with Crippen molar-refractivity contribution in [2.75, 3.05) is 13.2 Å². The molecule has 138 valence electrons. The van der Waals surface area contributed by atoms with Crippen LogP contribution in [0.1, 0.15) is 25.3 Å². The lowest BCUT2D eigenvalue weighted by molar-refractivity contribution is -0.158. The monoisotopic (exact) mass is 357 g/mol. The summed E-state index contributed by atoms with van der Waals surface area (Å²) in [7, 11) is 0. The summed E-state index contributed by atoms with van der Waals surface area (Å²) >= 11 is 0. The van der Waals surface area contributed by atoms with E-state index in [9.17, 15) is 14.4 Å². The standard InChI is InChI=1S/C20H23NO5/c1-13-7-9-15(10-8-13)25-11-12-26-20(24)14(2)21-18(22)16-5-3-4-6-17(16)19(21)23/h3-4,7-10,14,16-17H,5-6,11-12H2,1-2H3/t14-,16+,17+/m0/s1. The van der Waals surface area contributed by atoms with Crippen molar-refractivity contribution in [3.63, 3.8) is 0 Å². The van der Waals surface area contributed by atoms with E-state index < -0.39 is 12.0 Å². The lowest BCUT2D eigenvalue weighted by Gasteiger charge is -2.21. The molecule has 6 nitrogen and oxygen atoms in total. The lowest BCUT2D eigenvalue weighted by atomic mass is 9.85. The van der Waals surface area contributed by atoms with Gasteiger partial charge in [-0.3, -0.25) is 14.5 Å². The molecule has 0 unspecified atom stereocenters. The van der Waals surface area contributed by atoms with Crippen molar-refractivity contribution in [3.05, 3.63) is 42.0 Å². The first-order chi connectivity index (χ1) is 12.5. The van der Waals surface area contributed by atoms with Gasteiger partial charge in [-0.2, -0.15) is 0 Å². The number of rotatable bonds is 6. The van der Waals surface area contributed by atoms with Crippen LogP contribution >= 0.6 is 0 Å². The molecule has 1 aliphatic carbocycles. The average molecular weight is 357 g/mol. The molecular formula is C20H23NO5. The van der Waals surface area contributed by atoms with Gasteiger partial charge in [0.2, 0.25) is 11.8 Å². The Balaban J connectivity index is 1.49. The largest absolute Gasteiger partial charge is 0.490 e. The predicted molar refractivity (Wildman–Crippen MR) is 94.3 cm³/mol. The fourth-order valence-electron chi connectivity index (χ4n) is 3.37. The summed E-state index contributed by atoms with van der Waals surface area (Å²) in [5, 5.41) is 0. The Morgan fingerprint density at radius 3 is 2.23 bits per heavy atom. The number of imide groups is 1. The number of likely N-dealkylation sites (tertiary alicyclic amines) is 1. The van der Waals surface area contributed by atoms with Gasteiger partial charge in [0.25, 0.3) is 0 Å². The Hall–Kier alpha value is -2.63. The van der Waals surface area contributed by atoms with Crippen LogP contribution in [-0.2, 0) is 19.1 Å². The van der Waals surface area contributed by atoms with Gasteiger partial charge in [0.1, 0.15) is 25.0 Å². The molecule has 1 aromatic rings. The van der Waals surface area contributed by atoms with Gasteiger partial charge in [0.15, 0.2) is 0 Å². The van der Waals surface area contributed by atoms with Crippen molar-refractivity contribution < 1.29 is 23.9 Å². The van der Waals surface area contributed by atoms with Crippen LogP contribution < -0.4 is 4.74 Å². The molecule has 1 heterocycles. The molecule has 26 heavy (non-hydrogen) atoms. The molecule has 0 spiro atoms. The predicted octanol–water partition coefficient (Wildman–Crippen LogP) is 2.26. The average Bonchev–Trinajstić information content (AvgIpc) is 2.90. The van der Waals surface area contributed by atoms with Crippen LogP contribution in [0.25, 0.3) is 0 Å². The molecule has 1 aromatic carbocycles. The Bertz CT molecular complexity index is 698. The fourth-order valence-corrected chi connectivity index (χ4v) is 3.37. The number of ether oxygens (including phenoxy) is 2. The number of carbonyl (C=O) groups excluding carboxylic acids is 3. The third-order valence-electron chi connectivity index (χ3n) is 4.89. The third-order valence-corrected chi connectivity index (χ3v) is 4.89. The highest BCUT2D eigenvalue weighted by Crippen LogP contribution is 2.36. The molecule has 1 fully saturated rings. The van der Waals surface area contributed by atoms with Gasteiger partial charge in [0, 0.05) is 0 Å². The van der Waals surface area contributed by atoms with Crippen LogP contribution in [0.2, 0.25) is 0 Å². The maximum atomic E-state index is 12.5. The zero-order valence-corrected chi connectivity index (χ0v) is 15.0. The van der Waals surface area contributed by atoms with Crippen LogP contribution in [0.5, 0.6) is 5.75 Å². The molecule has 2 amide bonds. The van der Waals surface area contributed by atoms with E-state index in [0.29, 0.717) is 18.6 Å². The van der Waals surface area contributed by atoms with Crippen LogP contribution in [0.15, 0.2) is 36.4 Å². The van der Waals surface area contributed by atoms with E-state index in [1.807, 2.05) is 43.3 Å². The number of carbonyl (C=O) groups is 3. The van der Waals surface area contributed by atoms with Crippen molar-refractivity contribution >= 4 is 17.8 Å². The molecule has 3 atom stereocenters. The highest BCUT2D eigenvalue weighted by Gasteiger charge is 2.50. The topological polar surface area (TPSA) is 72.9 Å². The molecule has 1 aliphatic heterocycles. The molecular weight excluding hydrogens is 334 g/mol. The number of amides is 2. The van der Waals surface area contributed by atoms with E-state index in [2.05, 4.69) is 0 Å². The highest BCUT2D eigenvalue weighted by molar-refractivity contribution is 6.08. The Labute approximate surface area is 152 Å². The normalized spacial score (nSPS) is 22.9. The highest BCUT2D eigenvalue weighted by atomic mass is 16.6. The smallest absolute Gasteiger partial charge is 0.329 e. The molecule has 0 bridgehead atoms. The Morgan fingerprint density at radius 1 is 1.08 bits per heavy atom. The van der Waals surface area contributed by atoms with Gasteiger partial charge in [-0.25, -0.2) is 4.79 Å². The molecule has 0 N–H and O–H groups in total. The number of hydrogen-bond acceptors (Lipinski definition) is 5. The van der Waals surface area contributed by atoms with Crippen molar-refractivity contribution in [1.82, 2.24) is 4.90 Å². The number of allylic oxidation sites excluding steroid dienone is 2. The van der Waals surface area contributed by atoms with E-state index in [-0.39, 0.29) is 36.9 Å². The van der Waals surface area contributed by atoms with Gasteiger partial charge in [-0.1, -0.05) is 29.8 Å². The van der Waals surface area contributed by atoms with Gasteiger partial charge >= 0.3 is 5.97 Å². The summed E-state index contributed by atoms with van der Waals surface area (Å²) < 4.78 is 10.7. The zero-order valence-electron chi connectivity index (χ0n) is 15.0. The van der Waals surface area contributed by atoms with Crippen molar-refractivity contribution in [3.8, 4) is 5.75 Å². The molecule has 0 saturated carbocycles. The third kappa shape index (κ3) is 3.64. The summed E-state index contributed by atoms with van der Waals surface area (Å²) in [6, 6.07) is 6.64. The second-order valence-electron chi connectivity index (χ2n) is 6.71. The molecule has 6 heteroatoms. The number of nitrogens with zero attached hydrogens (tertiary/aromatic N) is 1. The van der Waals surface area contributed by atoms with Gasteiger partial charge < -0.3 is 9.47 Å². The second-order valence-corrected chi connectivity index (χ2v) is 6.71. The summed E-state index contributed by atoms with van der Waals surface area (Å²) in [6.07, 6.45) is 4.94. The first kappa shape index (κ1) is 18.2. The lowest BCUT2D eigenvalue weighted by Crippen LogP contribution is -2.44. The molecule has 0 aromatic heterocycles. The number of hydrogen-bond donors (Lipinski definition) is 0. The molecule has 1 saturated heterocycles. The minimum Gasteiger partial charge on any atom is -0.490 e. The summed E-state index contributed by atoms with van der Waals surface area (Å²) in [5.74, 6) is -1.12. The number of esters is 1. The Kier molecular flexibility index (Phi) is 5.40. The number of benzene rings is 1. The van der Waals surface area contributed by atoms with Crippen LogP contribution in [0.3, 0.4) is 0 Å². The quantitative estimate of drug-likeness (QED) is 0.338. The summed E-state index contributed by atoms with van der Waals surface area (Å²) in [4.78, 5) is 38.3. The molecule has 3 rings (SSSR count). The maximum absolute atomic E-state index is 12.5. The molecule has 2 aliphatic rings. The van der Waals surface area contributed by atoms with Crippen LogP contribution in [-0.4, -0.2) is 41.9 Å². The Morgan fingerprint density at radius 2 is 1.65 bits per heavy atom. The minimum atomic E-state index is -0.917. The van der Waals surface area contributed by atoms with Gasteiger partial charge in [-0.05, 0) is 38.8 Å². The first-order valence-electron chi connectivity index (χ1n) is 8.87. The van der Waals surface area contributed by atoms with E-state index >= 15 is 0 Å². The SMILES string of the molecule is Cc1ccc(OCCOC(=O)[C@H](C)N2C(=O)[C@@H]3CC=CC[C@H]3C2=O)cc1. The molecule has 0 radical (unpaired) electrons. The van der Waals surface area contributed by atoms with Gasteiger partial charge in [-0.15, -0.1) is 0 Å². The van der Waals surface area contributed by atoms with Gasteiger partial charge in [0.05, 0.1) is 11.8 Å². The van der Waals surface area contributed by atoms with E-state index in [0.717, 1.165) is 10.5 Å². The minimum absolute atomic E-state index is 0.0572. The van der Waals surface area contributed by atoms with Crippen LogP contribution in [0, 0.1) is 18.8 Å². The van der Waals surface area contributed by atoms with Crippen molar-refractivity contribution in [2.24, 2.45) is 11.8 Å². The summed E-state index contributed by atoms with van der Waals surface area (Å²) in [5.41, 5.74) is 1.13. The van der Waals surface area contributed by atoms with E-state index in [1.165, 1.54) is 6.92 Å². The maximum Gasteiger partial charge on any atom is 0.329 e. The zero-order chi connectivity index (χ0) is 18.7. The van der Waals surface area contributed by atoms with Crippen LogP contribution in [0.4, 0.5) is 0 Å².